The number of aromatic amines is 1. The molecule has 0 atom stereocenters. The first-order valence-corrected chi connectivity index (χ1v) is 6.20. The topological polar surface area (TPSA) is 20.7 Å². The number of nitrogens with zero attached hydrogens (tertiary/aromatic N) is 1. The normalized spacial score (nSPS) is 11.1. The summed E-state index contributed by atoms with van der Waals surface area (Å²) < 4.78 is 28.9. The molecule has 0 radical (unpaired) electrons. The van der Waals surface area contributed by atoms with Gasteiger partial charge in [-0.3, -0.25) is 4.57 Å². The molecule has 0 amide bonds. The highest BCUT2D eigenvalue weighted by Gasteiger charge is 2.11. The summed E-state index contributed by atoms with van der Waals surface area (Å²) >= 11 is 11.0. The second kappa shape index (κ2) is 4.43. The first-order chi connectivity index (χ1) is 9.06. The molecule has 3 aromatic rings. The molecule has 0 aliphatic rings. The number of imidazole rings is 1. The number of nitrogens with one attached hydrogen (secondary N) is 1. The second-order valence-electron chi connectivity index (χ2n) is 4.02. The van der Waals surface area contributed by atoms with Crippen LogP contribution in [0.3, 0.4) is 0 Å². The van der Waals surface area contributed by atoms with Crippen molar-refractivity contribution in [2.24, 2.45) is 0 Å². The number of rotatable bonds is 1. The summed E-state index contributed by atoms with van der Waals surface area (Å²) in [5.74, 6) is -1.07. The molecule has 0 saturated heterocycles. The molecule has 3 rings (SSSR count). The summed E-state index contributed by atoms with van der Waals surface area (Å²) in [7, 11) is 0. The third kappa shape index (κ3) is 2.05. The van der Waals surface area contributed by atoms with Gasteiger partial charge in [0.15, 0.2) is 4.77 Å². The van der Waals surface area contributed by atoms with Crippen molar-refractivity contribution >= 4 is 34.9 Å². The third-order valence-electron chi connectivity index (χ3n) is 2.79. The fraction of sp³-hybridized carbons (Fsp3) is 0. The van der Waals surface area contributed by atoms with Gasteiger partial charge < -0.3 is 4.98 Å². The molecule has 6 heteroatoms. The van der Waals surface area contributed by atoms with Gasteiger partial charge in [-0.1, -0.05) is 11.6 Å². The van der Waals surface area contributed by atoms with Crippen LogP contribution in [-0.4, -0.2) is 9.55 Å². The molecule has 19 heavy (non-hydrogen) atoms. The van der Waals surface area contributed by atoms with Gasteiger partial charge in [-0.05, 0) is 42.5 Å². The van der Waals surface area contributed by atoms with Crippen LogP contribution in [0.15, 0.2) is 36.4 Å². The minimum absolute atomic E-state index is 0.0681. The van der Waals surface area contributed by atoms with E-state index < -0.39 is 11.6 Å². The minimum atomic E-state index is -0.548. The summed E-state index contributed by atoms with van der Waals surface area (Å²) in [5.41, 5.74) is 1.37. The molecule has 2 aromatic carbocycles. The Labute approximate surface area is 117 Å². The number of hydrogen-bond acceptors (Lipinski definition) is 1. The maximum atomic E-state index is 13.8. The van der Waals surface area contributed by atoms with Crippen molar-refractivity contribution in [2.75, 3.05) is 0 Å². The van der Waals surface area contributed by atoms with Crippen LogP contribution in [0.4, 0.5) is 8.78 Å². The molecule has 1 heterocycles. The van der Waals surface area contributed by atoms with Crippen molar-refractivity contribution in [3.8, 4) is 5.69 Å². The van der Waals surface area contributed by atoms with Crippen LogP contribution in [0.1, 0.15) is 0 Å². The lowest BCUT2D eigenvalue weighted by molar-refractivity contribution is 0.593. The van der Waals surface area contributed by atoms with Gasteiger partial charge in [-0.15, -0.1) is 0 Å². The minimum Gasteiger partial charge on any atom is -0.330 e. The lowest BCUT2D eigenvalue weighted by Gasteiger charge is -2.06. The molecule has 0 spiro atoms. The Balaban J connectivity index is 2.39. The van der Waals surface area contributed by atoms with Gasteiger partial charge >= 0.3 is 0 Å². The van der Waals surface area contributed by atoms with Crippen molar-refractivity contribution in [2.45, 2.75) is 0 Å². The third-order valence-corrected chi connectivity index (χ3v) is 3.31. The van der Waals surface area contributed by atoms with Crippen LogP contribution in [0.5, 0.6) is 0 Å². The maximum Gasteiger partial charge on any atom is 0.182 e. The molecule has 0 saturated carbocycles. The molecule has 0 unspecified atom stereocenters. The Kier molecular flexibility index (Phi) is 2.88. The molecule has 1 aromatic heterocycles. The highest BCUT2D eigenvalue weighted by molar-refractivity contribution is 7.71. The van der Waals surface area contributed by atoms with E-state index >= 15 is 0 Å². The van der Waals surface area contributed by atoms with Crippen LogP contribution in [0.2, 0.25) is 5.02 Å². The second-order valence-corrected chi connectivity index (χ2v) is 4.85. The van der Waals surface area contributed by atoms with Crippen LogP contribution in [0.25, 0.3) is 16.7 Å². The summed E-state index contributed by atoms with van der Waals surface area (Å²) in [6.45, 7) is 0. The molecule has 1 N–H and O–H groups in total. The number of benzene rings is 2. The van der Waals surface area contributed by atoms with E-state index in [4.69, 9.17) is 23.8 Å². The van der Waals surface area contributed by atoms with Crippen LogP contribution < -0.4 is 0 Å². The standard InChI is InChI=1S/C13H7ClF2N2S/c14-7-1-4-11-10(5-7)17-13(19)18(11)12-6-8(15)2-3-9(12)16/h1-6H,(H,17,19). The predicted octanol–water partition coefficient (Wildman–Crippen LogP) is 4.62. The van der Waals surface area contributed by atoms with Crippen molar-refractivity contribution in [3.05, 3.63) is 57.8 Å². The summed E-state index contributed by atoms with van der Waals surface area (Å²) in [6.07, 6.45) is 0. The van der Waals surface area contributed by atoms with E-state index in [9.17, 15) is 8.78 Å². The van der Waals surface area contributed by atoms with Crippen molar-refractivity contribution in [3.63, 3.8) is 0 Å². The van der Waals surface area contributed by atoms with Crippen LogP contribution in [-0.2, 0) is 0 Å². The van der Waals surface area contributed by atoms with Gasteiger partial charge in [-0.2, -0.15) is 0 Å². The Hall–Kier alpha value is -1.72. The maximum absolute atomic E-state index is 13.8. The van der Waals surface area contributed by atoms with E-state index in [1.165, 1.54) is 4.57 Å². The molecule has 0 aliphatic heterocycles. The lowest BCUT2D eigenvalue weighted by Crippen LogP contribution is -1.98. The molecule has 2 nitrogen and oxygen atoms in total. The van der Waals surface area contributed by atoms with E-state index in [-0.39, 0.29) is 10.5 Å². The first kappa shape index (κ1) is 12.3. The predicted molar refractivity (Wildman–Crippen MR) is 73.4 cm³/mol. The Morgan fingerprint density at radius 3 is 2.68 bits per heavy atom. The average Bonchev–Trinajstić information content (AvgIpc) is 2.67. The molecular weight excluding hydrogens is 290 g/mol. The van der Waals surface area contributed by atoms with Gasteiger partial charge in [0.25, 0.3) is 0 Å². The van der Waals surface area contributed by atoms with E-state index in [1.807, 2.05) is 0 Å². The smallest absolute Gasteiger partial charge is 0.182 e. The molecule has 0 bridgehead atoms. The number of H-pyrrole nitrogens is 1. The molecule has 96 valence electrons. The van der Waals surface area contributed by atoms with E-state index in [2.05, 4.69) is 4.98 Å². The Morgan fingerprint density at radius 2 is 1.89 bits per heavy atom. The van der Waals surface area contributed by atoms with Gasteiger partial charge in [0, 0.05) is 11.1 Å². The van der Waals surface area contributed by atoms with E-state index in [1.54, 1.807) is 18.2 Å². The van der Waals surface area contributed by atoms with Crippen LogP contribution in [0, 0.1) is 16.4 Å². The van der Waals surface area contributed by atoms with E-state index in [0.29, 0.717) is 16.1 Å². The first-order valence-electron chi connectivity index (χ1n) is 5.42. The van der Waals surface area contributed by atoms with E-state index in [0.717, 1.165) is 18.2 Å². The Morgan fingerprint density at radius 1 is 1.11 bits per heavy atom. The fourth-order valence-electron chi connectivity index (χ4n) is 1.98. The quantitative estimate of drug-likeness (QED) is 0.650. The van der Waals surface area contributed by atoms with Gasteiger partial charge in [0.2, 0.25) is 0 Å². The molecule has 0 aliphatic carbocycles. The average molecular weight is 297 g/mol. The molecule has 0 fully saturated rings. The fourth-order valence-corrected chi connectivity index (χ4v) is 2.46. The van der Waals surface area contributed by atoms with Gasteiger partial charge in [0.05, 0.1) is 16.7 Å². The Bertz CT molecular complexity index is 838. The zero-order chi connectivity index (χ0) is 13.6. The van der Waals surface area contributed by atoms with Crippen molar-refractivity contribution < 1.29 is 8.78 Å². The summed E-state index contributed by atoms with van der Waals surface area (Å²) in [5, 5.41) is 0.538. The van der Waals surface area contributed by atoms with Crippen LogP contribution >= 0.6 is 23.8 Å². The zero-order valence-corrected chi connectivity index (χ0v) is 11.0. The number of hydrogen-bond donors (Lipinski definition) is 1. The largest absolute Gasteiger partial charge is 0.330 e. The number of aromatic nitrogens is 2. The monoisotopic (exact) mass is 296 g/mol. The number of fused-ring (bicyclic) bond motifs is 1. The lowest BCUT2D eigenvalue weighted by atomic mass is 10.2. The zero-order valence-electron chi connectivity index (χ0n) is 9.45. The summed E-state index contributed by atoms with van der Waals surface area (Å²) in [6, 6.07) is 8.29. The number of halogens is 3. The SMILES string of the molecule is Fc1ccc(F)c(-n2c(=S)[nH]c3cc(Cl)ccc32)c1. The summed E-state index contributed by atoms with van der Waals surface area (Å²) in [4.78, 5) is 2.92. The highest BCUT2D eigenvalue weighted by atomic mass is 35.5. The van der Waals surface area contributed by atoms with Crippen molar-refractivity contribution in [1.82, 2.24) is 9.55 Å². The van der Waals surface area contributed by atoms with Gasteiger partial charge in [0.1, 0.15) is 11.6 Å². The highest BCUT2D eigenvalue weighted by Crippen LogP contribution is 2.24. The van der Waals surface area contributed by atoms with Gasteiger partial charge in [-0.25, -0.2) is 8.78 Å². The van der Waals surface area contributed by atoms with Crippen molar-refractivity contribution in [1.29, 1.82) is 0 Å². The molecular formula is C13H7ClF2N2S.